The predicted molar refractivity (Wildman–Crippen MR) is 72.1 cm³/mol. The van der Waals surface area contributed by atoms with Crippen LogP contribution >= 0.6 is 0 Å². The molecule has 0 aromatic heterocycles. The van der Waals surface area contributed by atoms with Crippen LogP contribution in [0.1, 0.15) is 24.4 Å². The second-order valence-corrected chi connectivity index (χ2v) is 4.63. The minimum atomic E-state index is -0.110. The fourth-order valence-electron chi connectivity index (χ4n) is 2.09. The summed E-state index contributed by atoms with van der Waals surface area (Å²) in [6.45, 7) is 0.0368. The lowest BCUT2D eigenvalue weighted by Crippen LogP contribution is -2.26. The third kappa shape index (κ3) is 3.11. The highest BCUT2D eigenvalue weighted by Gasteiger charge is 2.26. The molecule has 1 aliphatic carbocycles. The average molecular weight is 267 g/mol. The predicted octanol–water partition coefficient (Wildman–Crippen LogP) is 1.50. The van der Waals surface area contributed by atoms with Gasteiger partial charge in [0.15, 0.2) is 11.5 Å². The minimum Gasteiger partial charge on any atom is -0.493 e. The lowest BCUT2D eigenvalue weighted by Gasteiger charge is -2.20. The first-order chi connectivity index (χ1) is 9.23. The number of ether oxygens (including phenoxy) is 3. The SMILES string of the molecule is COc1cc(C(CO)NC2CC2)cc(OC)c1OC. The molecule has 1 atom stereocenters. The first-order valence-corrected chi connectivity index (χ1v) is 6.40. The number of hydrogen-bond acceptors (Lipinski definition) is 5. The van der Waals surface area contributed by atoms with Crippen molar-refractivity contribution in [3.63, 3.8) is 0 Å². The maximum absolute atomic E-state index is 9.53. The van der Waals surface area contributed by atoms with Gasteiger partial charge in [-0.15, -0.1) is 0 Å². The van der Waals surface area contributed by atoms with Gasteiger partial charge in [-0.3, -0.25) is 0 Å². The second-order valence-electron chi connectivity index (χ2n) is 4.63. The normalized spacial score (nSPS) is 16.0. The van der Waals surface area contributed by atoms with Crippen molar-refractivity contribution >= 4 is 0 Å². The van der Waals surface area contributed by atoms with Crippen molar-refractivity contribution in [3.05, 3.63) is 17.7 Å². The van der Waals surface area contributed by atoms with Crippen molar-refractivity contribution in [1.82, 2.24) is 5.32 Å². The molecule has 0 bridgehead atoms. The van der Waals surface area contributed by atoms with E-state index in [1.165, 1.54) is 12.8 Å². The topological polar surface area (TPSA) is 60.0 Å². The van der Waals surface area contributed by atoms with Gasteiger partial charge in [-0.1, -0.05) is 0 Å². The zero-order valence-corrected chi connectivity index (χ0v) is 11.6. The summed E-state index contributed by atoms with van der Waals surface area (Å²) >= 11 is 0. The Morgan fingerprint density at radius 1 is 1.16 bits per heavy atom. The molecular formula is C14H21NO4. The zero-order chi connectivity index (χ0) is 13.8. The van der Waals surface area contributed by atoms with E-state index in [9.17, 15) is 5.11 Å². The van der Waals surface area contributed by atoms with Crippen LogP contribution in [0.5, 0.6) is 17.2 Å². The third-order valence-electron chi connectivity index (χ3n) is 3.29. The minimum absolute atomic E-state index is 0.0368. The molecule has 106 valence electrons. The van der Waals surface area contributed by atoms with Crippen molar-refractivity contribution in [2.24, 2.45) is 0 Å². The molecule has 2 rings (SSSR count). The van der Waals surface area contributed by atoms with Crippen LogP contribution in [0.3, 0.4) is 0 Å². The average Bonchev–Trinajstić information content (AvgIpc) is 3.27. The Hall–Kier alpha value is -1.46. The Balaban J connectivity index is 2.32. The lowest BCUT2D eigenvalue weighted by atomic mass is 10.1. The van der Waals surface area contributed by atoms with Crippen LogP contribution in [0.25, 0.3) is 0 Å². The molecule has 0 radical (unpaired) electrons. The number of rotatable bonds is 7. The molecule has 5 nitrogen and oxygen atoms in total. The standard InChI is InChI=1S/C14H21NO4/c1-17-12-6-9(7-13(18-2)14(12)19-3)11(8-16)15-10-4-5-10/h6-7,10-11,15-16H,4-5,8H2,1-3H3. The molecule has 2 N–H and O–H groups in total. The van der Waals surface area contributed by atoms with E-state index in [1.807, 2.05) is 12.1 Å². The maximum Gasteiger partial charge on any atom is 0.203 e. The second kappa shape index (κ2) is 6.12. The quantitative estimate of drug-likeness (QED) is 0.784. The molecule has 1 unspecified atom stereocenters. The Morgan fingerprint density at radius 2 is 1.74 bits per heavy atom. The highest BCUT2D eigenvalue weighted by atomic mass is 16.5. The van der Waals surface area contributed by atoms with Gasteiger partial charge in [-0.05, 0) is 30.5 Å². The maximum atomic E-state index is 9.53. The van der Waals surface area contributed by atoms with Gasteiger partial charge in [-0.2, -0.15) is 0 Å². The summed E-state index contributed by atoms with van der Waals surface area (Å²) in [7, 11) is 4.75. The molecule has 1 aliphatic rings. The van der Waals surface area contributed by atoms with E-state index in [0.29, 0.717) is 23.3 Å². The van der Waals surface area contributed by atoms with E-state index in [1.54, 1.807) is 21.3 Å². The summed E-state index contributed by atoms with van der Waals surface area (Å²) in [5.74, 6) is 1.78. The highest BCUT2D eigenvalue weighted by Crippen LogP contribution is 2.40. The van der Waals surface area contributed by atoms with Crippen LogP contribution in [-0.2, 0) is 0 Å². The fourth-order valence-corrected chi connectivity index (χ4v) is 2.09. The number of aliphatic hydroxyl groups excluding tert-OH is 1. The van der Waals surface area contributed by atoms with E-state index in [2.05, 4.69) is 5.32 Å². The van der Waals surface area contributed by atoms with Crippen molar-refractivity contribution in [3.8, 4) is 17.2 Å². The van der Waals surface area contributed by atoms with Gasteiger partial charge < -0.3 is 24.6 Å². The summed E-state index contributed by atoms with van der Waals surface area (Å²) in [6, 6.07) is 4.15. The molecule has 1 aromatic rings. The first kappa shape index (κ1) is 14.0. The smallest absolute Gasteiger partial charge is 0.203 e. The number of nitrogens with one attached hydrogen (secondary N) is 1. The Bertz CT molecular complexity index is 406. The van der Waals surface area contributed by atoms with Crippen LogP contribution in [-0.4, -0.2) is 39.1 Å². The van der Waals surface area contributed by atoms with Crippen LogP contribution < -0.4 is 19.5 Å². The van der Waals surface area contributed by atoms with E-state index in [-0.39, 0.29) is 12.6 Å². The first-order valence-electron chi connectivity index (χ1n) is 6.40. The summed E-state index contributed by atoms with van der Waals surface area (Å²) < 4.78 is 15.9. The van der Waals surface area contributed by atoms with E-state index < -0.39 is 0 Å². The molecule has 0 spiro atoms. The Morgan fingerprint density at radius 3 is 2.11 bits per heavy atom. The molecule has 1 aromatic carbocycles. The molecular weight excluding hydrogens is 246 g/mol. The highest BCUT2D eigenvalue weighted by molar-refractivity contribution is 5.54. The van der Waals surface area contributed by atoms with Gasteiger partial charge in [0.05, 0.1) is 34.0 Å². The third-order valence-corrected chi connectivity index (χ3v) is 3.29. The van der Waals surface area contributed by atoms with E-state index in [0.717, 1.165) is 5.56 Å². The van der Waals surface area contributed by atoms with Crippen LogP contribution in [0.4, 0.5) is 0 Å². The van der Waals surface area contributed by atoms with Gasteiger partial charge in [0, 0.05) is 6.04 Å². The number of benzene rings is 1. The fraction of sp³-hybridized carbons (Fsp3) is 0.571. The van der Waals surface area contributed by atoms with Crippen LogP contribution in [0.15, 0.2) is 12.1 Å². The monoisotopic (exact) mass is 267 g/mol. The van der Waals surface area contributed by atoms with Gasteiger partial charge in [0.2, 0.25) is 5.75 Å². The van der Waals surface area contributed by atoms with Gasteiger partial charge in [0.25, 0.3) is 0 Å². The molecule has 0 amide bonds. The van der Waals surface area contributed by atoms with Gasteiger partial charge in [0.1, 0.15) is 0 Å². The largest absolute Gasteiger partial charge is 0.493 e. The summed E-state index contributed by atoms with van der Waals surface area (Å²) in [6.07, 6.45) is 2.34. The van der Waals surface area contributed by atoms with Gasteiger partial charge >= 0.3 is 0 Å². The van der Waals surface area contributed by atoms with Crippen molar-refractivity contribution in [2.45, 2.75) is 24.9 Å². The van der Waals surface area contributed by atoms with Crippen LogP contribution in [0, 0.1) is 0 Å². The lowest BCUT2D eigenvalue weighted by molar-refractivity contribution is 0.242. The number of hydrogen-bond donors (Lipinski definition) is 2. The Kier molecular flexibility index (Phi) is 4.50. The van der Waals surface area contributed by atoms with E-state index in [4.69, 9.17) is 14.2 Å². The van der Waals surface area contributed by atoms with E-state index >= 15 is 0 Å². The molecule has 1 saturated carbocycles. The summed E-state index contributed by atoms with van der Waals surface area (Å²) in [5, 5.41) is 12.9. The van der Waals surface area contributed by atoms with Crippen LogP contribution in [0.2, 0.25) is 0 Å². The molecule has 1 fully saturated rings. The Labute approximate surface area is 113 Å². The molecule has 0 saturated heterocycles. The van der Waals surface area contributed by atoms with Crippen molar-refractivity contribution < 1.29 is 19.3 Å². The molecule has 0 aliphatic heterocycles. The number of aliphatic hydroxyl groups is 1. The molecule has 5 heteroatoms. The summed E-state index contributed by atoms with van der Waals surface area (Å²) in [5.41, 5.74) is 0.934. The van der Waals surface area contributed by atoms with Crippen molar-refractivity contribution in [1.29, 1.82) is 0 Å². The van der Waals surface area contributed by atoms with Crippen molar-refractivity contribution in [2.75, 3.05) is 27.9 Å². The van der Waals surface area contributed by atoms with Gasteiger partial charge in [-0.25, -0.2) is 0 Å². The number of methoxy groups -OCH3 is 3. The summed E-state index contributed by atoms with van der Waals surface area (Å²) in [4.78, 5) is 0. The molecule has 19 heavy (non-hydrogen) atoms. The zero-order valence-electron chi connectivity index (χ0n) is 11.6. The molecule has 0 heterocycles.